The monoisotopic (exact) mass is 376 g/mol. The molecule has 20 heavy (non-hydrogen) atoms. The van der Waals surface area contributed by atoms with E-state index in [2.05, 4.69) is 15.9 Å². The molecule has 1 aromatic rings. The number of alkyl halides is 1. The predicted octanol–water partition coefficient (Wildman–Crippen LogP) is 6.25. The zero-order chi connectivity index (χ0) is 14.2. The topological polar surface area (TPSA) is 9.23 Å². The summed E-state index contributed by atoms with van der Waals surface area (Å²) in [5.41, 5.74) is 0.322. The van der Waals surface area contributed by atoms with Gasteiger partial charge in [-0.2, -0.15) is 0 Å². The van der Waals surface area contributed by atoms with E-state index in [-0.39, 0.29) is 0 Å². The van der Waals surface area contributed by atoms with E-state index in [1.807, 2.05) is 18.2 Å². The van der Waals surface area contributed by atoms with E-state index < -0.39 is 0 Å². The Morgan fingerprint density at radius 3 is 2.35 bits per heavy atom. The normalized spacial score (nSPS) is 28.8. The van der Waals surface area contributed by atoms with Crippen LogP contribution in [0.25, 0.3) is 0 Å². The Balaban J connectivity index is 1.75. The van der Waals surface area contributed by atoms with Crippen molar-refractivity contribution in [1.82, 2.24) is 0 Å². The smallest absolute Gasteiger partial charge is 0.121 e. The summed E-state index contributed by atoms with van der Waals surface area (Å²) in [7, 11) is 0. The molecule has 0 bridgehead atoms. The van der Waals surface area contributed by atoms with E-state index in [1.54, 1.807) is 0 Å². The standard InChI is InChI=1S/C16H19BrCl2O/c17-14-10-15(16(14)7-3-1-2-4-8-16)20-11-5-6-12(18)13(19)9-11/h5-6,9,14-15H,1-4,7-8,10H2. The van der Waals surface area contributed by atoms with Gasteiger partial charge in [0.05, 0.1) is 10.0 Å². The maximum absolute atomic E-state index is 6.23. The Bertz CT molecular complexity index is 483. The van der Waals surface area contributed by atoms with Gasteiger partial charge in [-0.25, -0.2) is 0 Å². The van der Waals surface area contributed by atoms with Crippen molar-refractivity contribution in [3.05, 3.63) is 28.2 Å². The molecule has 0 aliphatic heterocycles. The van der Waals surface area contributed by atoms with E-state index in [0.29, 0.717) is 26.4 Å². The highest BCUT2D eigenvalue weighted by atomic mass is 79.9. The van der Waals surface area contributed by atoms with Crippen molar-refractivity contribution in [2.75, 3.05) is 0 Å². The lowest BCUT2D eigenvalue weighted by molar-refractivity contribution is -0.0461. The van der Waals surface area contributed by atoms with Crippen LogP contribution in [0, 0.1) is 5.41 Å². The minimum Gasteiger partial charge on any atom is -0.490 e. The second kappa shape index (κ2) is 6.06. The van der Waals surface area contributed by atoms with E-state index in [4.69, 9.17) is 27.9 Å². The molecule has 2 aliphatic rings. The first-order chi connectivity index (χ1) is 9.62. The summed E-state index contributed by atoms with van der Waals surface area (Å²) in [6, 6.07) is 5.55. The fourth-order valence-electron chi connectivity index (χ4n) is 3.60. The van der Waals surface area contributed by atoms with Gasteiger partial charge in [0.25, 0.3) is 0 Å². The molecule has 2 saturated carbocycles. The molecule has 2 aliphatic carbocycles. The van der Waals surface area contributed by atoms with Gasteiger partial charge in [0.15, 0.2) is 0 Å². The van der Waals surface area contributed by atoms with Gasteiger partial charge in [-0.05, 0) is 31.4 Å². The molecule has 4 heteroatoms. The summed E-state index contributed by atoms with van der Waals surface area (Å²) >= 11 is 15.9. The summed E-state index contributed by atoms with van der Waals surface area (Å²) in [5, 5.41) is 1.14. The first-order valence-corrected chi connectivity index (χ1v) is 9.05. The molecule has 1 spiro atoms. The average Bonchev–Trinajstić information content (AvgIpc) is 2.70. The SMILES string of the molecule is Clc1ccc(OC2CC(Br)C23CCCCCC3)cc1Cl. The van der Waals surface area contributed by atoms with Crippen LogP contribution in [0.4, 0.5) is 0 Å². The third-order valence-corrected chi connectivity index (χ3v) is 6.91. The van der Waals surface area contributed by atoms with Crippen LogP contribution in [-0.2, 0) is 0 Å². The maximum atomic E-state index is 6.23. The van der Waals surface area contributed by atoms with Gasteiger partial charge in [-0.3, -0.25) is 0 Å². The summed E-state index contributed by atoms with van der Waals surface area (Å²) < 4.78 is 6.23. The van der Waals surface area contributed by atoms with Crippen LogP contribution in [0.15, 0.2) is 18.2 Å². The maximum Gasteiger partial charge on any atom is 0.121 e. The molecule has 1 nitrogen and oxygen atoms in total. The molecule has 2 fully saturated rings. The number of hydrogen-bond donors (Lipinski definition) is 0. The van der Waals surface area contributed by atoms with Gasteiger partial charge in [0.2, 0.25) is 0 Å². The van der Waals surface area contributed by atoms with Crippen LogP contribution in [0.3, 0.4) is 0 Å². The van der Waals surface area contributed by atoms with E-state index in [0.717, 1.165) is 12.2 Å². The zero-order valence-electron chi connectivity index (χ0n) is 11.4. The van der Waals surface area contributed by atoms with Gasteiger partial charge in [-0.15, -0.1) is 0 Å². The second-order valence-corrected chi connectivity index (χ2v) is 7.95. The zero-order valence-corrected chi connectivity index (χ0v) is 14.5. The van der Waals surface area contributed by atoms with Crippen molar-refractivity contribution < 1.29 is 4.74 Å². The van der Waals surface area contributed by atoms with Crippen LogP contribution in [0.5, 0.6) is 5.75 Å². The molecule has 0 aromatic heterocycles. The number of halogens is 3. The van der Waals surface area contributed by atoms with Crippen LogP contribution < -0.4 is 4.74 Å². The highest BCUT2D eigenvalue weighted by molar-refractivity contribution is 9.09. The number of benzene rings is 1. The molecule has 1 aromatic carbocycles. The molecule has 0 N–H and O–H groups in total. The predicted molar refractivity (Wildman–Crippen MR) is 88.3 cm³/mol. The molecular weight excluding hydrogens is 359 g/mol. The largest absolute Gasteiger partial charge is 0.490 e. The van der Waals surface area contributed by atoms with E-state index in [9.17, 15) is 0 Å². The highest BCUT2D eigenvalue weighted by Crippen LogP contribution is 2.55. The minimum atomic E-state index is 0.308. The Morgan fingerprint density at radius 1 is 1.05 bits per heavy atom. The molecule has 0 saturated heterocycles. The van der Waals surface area contributed by atoms with Crippen LogP contribution >= 0.6 is 39.1 Å². The van der Waals surface area contributed by atoms with E-state index in [1.165, 1.54) is 38.5 Å². The van der Waals surface area contributed by atoms with E-state index >= 15 is 0 Å². The lowest BCUT2D eigenvalue weighted by Crippen LogP contribution is -2.56. The van der Waals surface area contributed by atoms with Crippen molar-refractivity contribution in [3.63, 3.8) is 0 Å². The van der Waals surface area contributed by atoms with Crippen molar-refractivity contribution in [3.8, 4) is 5.75 Å². The van der Waals surface area contributed by atoms with Gasteiger partial charge in [0, 0.05) is 16.3 Å². The van der Waals surface area contributed by atoms with Crippen molar-refractivity contribution >= 4 is 39.1 Å². The third kappa shape index (κ3) is 2.71. The van der Waals surface area contributed by atoms with Gasteiger partial charge >= 0.3 is 0 Å². The Hall–Kier alpha value is 0.0800. The average molecular weight is 378 g/mol. The van der Waals surface area contributed by atoms with Gasteiger partial charge in [0.1, 0.15) is 11.9 Å². The molecule has 0 amide bonds. The number of rotatable bonds is 2. The third-order valence-electron chi connectivity index (χ3n) is 4.89. The second-order valence-electron chi connectivity index (χ2n) is 6.03. The van der Waals surface area contributed by atoms with Crippen molar-refractivity contribution in [2.45, 2.75) is 55.9 Å². The molecule has 3 rings (SSSR count). The Morgan fingerprint density at radius 2 is 1.75 bits per heavy atom. The number of ether oxygens (including phenoxy) is 1. The molecule has 2 atom stereocenters. The summed E-state index contributed by atoms with van der Waals surface area (Å²) in [6.07, 6.45) is 9.31. The molecule has 0 radical (unpaired) electrons. The molecular formula is C16H19BrCl2O. The summed E-state index contributed by atoms with van der Waals surface area (Å²) in [4.78, 5) is 0.598. The quantitative estimate of drug-likeness (QED) is 0.553. The van der Waals surface area contributed by atoms with Crippen molar-refractivity contribution in [1.29, 1.82) is 0 Å². The van der Waals surface area contributed by atoms with Gasteiger partial charge < -0.3 is 4.74 Å². The first kappa shape index (κ1) is 15.0. The molecule has 0 heterocycles. The number of hydrogen-bond acceptors (Lipinski definition) is 1. The first-order valence-electron chi connectivity index (χ1n) is 7.37. The van der Waals surface area contributed by atoms with Crippen LogP contribution in [0.1, 0.15) is 44.9 Å². The van der Waals surface area contributed by atoms with Crippen LogP contribution in [-0.4, -0.2) is 10.9 Å². The fraction of sp³-hybridized carbons (Fsp3) is 0.625. The summed E-state index contributed by atoms with van der Waals surface area (Å²) in [6.45, 7) is 0. The molecule has 110 valence electrons. The molecule has 2 unspecified atom stereocenters. The van der Waals surface area contributed by atoms with Gasteiger partial charge in [-0.1, -0.05) is 64.8 Å². The van der Waals surface area contributed by atoms with Crippen LogP contribution in [0.2, 0.25) is 10.0 Å². The minimum absolute atomic E-state index is 0.308. The Labute approximate surface area is 139 Å². The van der Waals surface area contributed by atoms with Crippen molar-refractivity contribution in [2.24, 2.45) is 5.41 Å². The Kier molecular flexibility index (Phi) is 4.54. The highest BCUT2D eigenvalue weighted by Gasteiger charge is 2.54. The lowest BCUT2D eigenvalue weighted by atomic mass is 9.61. The summed E-state index contributed by atoms with van der Waals surface area (Å²) in [5.74, 6) is 0.840. The lowest BCUT2D eigenvalue weighted by Gasteiger charge is -2.53. The fourth-order valence-corrected chi connectivity index (χ4v) is 4.98.